The summed E-state index contributed by atoms with van der Waals surface area (Å²) in [5.74, 6) is 0.192. The number of nitrogens with one attached hydrogen (secondary N) is 1. The maximum absolute atomic E-state index is 12.4. The van der Waals surface area contributed by atoms with Gasteiger partial charge in [-0.05, 0) is 63.0 Å². The average molecular weight is 516 g/mol. The highest BCUT2D eigenvalue weighted by Crippen LogP contribution is 2.29. The lowest BCUT2D eigenvalue weighted by atomic mass is 10.1. The Morgan fingerprint density at radius 2 is 1.81 bits per heavy atom. The van der Waals surface area contributed by atoms with Gasteiger partial charge in [-0.25, -0.2) is 0 Å². The van der Waals surface area contributed by atoms with E-state index in [0.717, 1.165) is 11.1 Å². The van der Waals surface area contributed by atoms with Crippen molar-refractivity contribution in [2.24, 2.45) is 0 Å². The zero-order valence-corrected chi connectivity index (χ0v) is 19.3. The molecule has 0 heterocycles. The van der Waals surface area contributed by atoms with Gasteiger partial charge in [0.05, 0.1) is 14.5 Å². The van der Waals surface area contributed by atoms with Crippen LogP contribution in [0.25, 0.3) is 6.08 Å². The maximum atomic E-state index is 12.4. The topological polar surface area (TPSA) is 62.1 Å². The fraction of sp³-hybridized carbons (Fsp3) is 0.0833. The molecule has 0 spiro atoms. The van der Waals surface area contributed by atoms with Crippen LogP contribution in [0, 0.1) is 11.3 Å². The Hall–Kier alpha value is -2.78. The Morgan fingerprint density at radius 1 is 1.03 bits per heavy atom. The highest BCUT2D eigenvalue weighted by Gasteiger charge is 2.10. The molecular formula is C24H17BrCl2N2O2. The summed E-state index contributed by atoms with van der Waals surface area (Å²) in [6.45, 7) is 0.667. The van der Waals surface area contributed by atoms with Crippen LogP contribution in [0.15, 0.2) is 76.8 Å². The number of nitriles is 1. The molecule has 0 saturated heterocycles. The molecule has 3 aromatic rings. The monoisotopic (exact) mass is 514 g/mol. The van der Waals surface area contributed by atoms with Gasteiger partial charge in [0.2, 0.25) is 0 Å². The summed E-state index contributed by atoms with van der Waals surface area (Å²) >= 11 is 15.4. The van der Waals surface area contributed by atoms with E-state index < -0.39 is 5.91 Å². The quantitative estimate of drug-likeness (QED) is 0.286. The molecular weight excluding hydrogens is 499 g/mol. The smallest absolute Gasteiger partial charge is 0.262 e. The van der Waals surface area contributed by atoms with Crippen LogP contribution in [0.4, 0.5) is 0 Å². The number of hydrogen-bond acceptors (Lipinski definition) is 3. The van der Waals surface area contributed by atoms with Crippen LogP contribution in [-0.4, -0.2) is 5.91 Å². The summed E-state index contributed by atoms with van der Waals surface area (Å²) in [7, 11) is 0. The van der Waals surface area contributed by atoms with E-state index in [1.54, 1.807) is 30.3 Å². The van der Waals surface area contributed by atoms with E-state index in [9.17, 15) is 10.1 Å². The minimum Gasteiger partial charge on any atom is -0.488 e. The van der Waals surface area contributed by atoms with E-state index in [1.807, 2.05) is 42.5 Å². The Bertz CT molecular complexity index is 1160. The number of hydrogen-bond donors (Lipinski definition) is 1. The first-order valence-electron chi connectivity index (χ1n) is 9.26. The van der Waals surface area contributed by atoms with Gasteiger partial charge in [-0.1, -0.05) is 65.7 Å². The van der Waals surface area contributed by atoms with E-state index in [2.05, 4.69) is 21.2 Å². The van der Waals surface area contributed by atoms with Crippen molar-refractivity contribution in [3.63, 3.8) is 0 Å². The molecule has 0 atom stereocenters. The van der Waals surface area contributed by atoms with Crippen molar-refractivity contribution in [2.75, 3.05) is 0 Å². The van der Waals surface area contributed by atoms with E-state index in [1.165, 1.54) is 6.08 Å². The number of ether oxygens (including phenoxy) is 1. The normalized spacial score (nSPS) is 11.0. The van der Waals surface area contributed by atoms with Crippen LogP contribution in [0.3, 0.4) is 0 Å². The lowest BCUT2D eigenvalue weighted by Crippen LogP contribution is -2.23. The number of carbonyl (C=O) groups is 1. The highest BCUT2D eigenvalue weighted by atomic mass is 79.9. The molecule has 7 heteroatoms. The maximum Gasteiger partial charge on any atom is 0.262 e. The second-order valence-electron chi connectivity index (χ2n) is 6.57. The first-order chi connectivity index (χ1) is 15.0. The molecule has 0 radical (unpaired) electrons. The third-order valence-electron chi connectivity index (χ3n) is 4.31. The van der Waals surface area contributed by atoms with Gasteiger partial charge in [0, 0.05) is 6.54 Å². The summed E-state index contributed by atoms with van der Waals surface area (Å²) in [5, 5.41) is 13.1. The molecule has 4 nitrogen and oxygen atoms in total. The predicted molar refractivity (Wildman–Crippen MR) is 127 cm³/mol. The molecule has 1 amide bonds. The molecule has 0 aliphatic heterocycles. The second kappa shape index (κ2) is 11.0. The van der Waals surface area contributed by atoms with Gasteiger partial charge < -0.3 is 10.1 Å². The standard InChI is InChI=1S/C24H17BrCl2N2O2/c25-20-11-17(7-9-23(20)31-15-18-6-8-21(26)22(27)12-18)10-19(13-28)24(30)29-14-16-4-2-1-3-5-16/h1-12H,14-15H2,(H,29,30)/b19-10-. The largest absolute Gasteiger partial charge is 0.488 e. The van der Waals surface area contributed by atoms with Crippen LogP contribution in [-0.2, 0) is 17.9 Å². The number of benzene rings is 3. The summed E-state index contributed by atoms with van der Waals surface area (Å²) in [4.78, 5) is 12.4. The molecule has 0 fully saturated rings. The van der Waals surface area contributed by atoms with Crippen molar-refractivity contribution < 1.29 is 9.53 Å². The Kier molecular flexibility index (Phi) is 8.13. The first kappa shape index (κ1) is 22.9. The summed E-state index contributed by atoms with van der Waals surface area (Å²) in [6, 6.07) is 22.1. The predicted octanol–water partition coefficient (Wildman–Crippen LogP) is 6.56. The number of carbonyl (C=O) groups excluding carboxylic acids is 1. The van der Waals surface area contributed by atoms with Crippen molar-refractivity contribution in [3.05, 3.63) is 104 Å². The minimum atomic E-state index is -0.428. The minimum absolute atomic E-state index is 0.0207. The van der Waals surface area contributed by atoms with Crippen molar-refractivity contribution in [1.29, 1.82) is 5.26 Å². The average Bonchev–Trinajstić information content (AvgIpc) is 2.78. The van der Waals surface area contributed by atoms with Crippen molar-refractivity contribution >= 4 is 51.1 Å². The number of rotatable bonds is 7. The van der Waals surface area contributed by atoms with Gasteiger partial charge in [-0.2, -0.15) is 5.26 Å². The Labute approximate surface area is 199 Å². The van der Waals surface area contributed by atoms with Gasteiger partial charge in [0.15, 0.2) is 0 Å². The van der Waals surface area contributed by atoms with Crippen molar-refractivity contribution in [1.82, 2.24) is 5.32 Å². The fourth-order valence-corrected chi connectivity index (χ4v) is 3.53. The van der Waals surface area contributed by atoms with Crippen LogP contribution < -0.4 is 10.1 Å². The van der Waals surface area contributed by atoms with Gasteiger partial charge in [-0.3, -0.25) is 4.79 Å². The van der Waals surface area contributed by atoms with E-state index in [0.29, 0.717) is 39.0 Å². The summed E-state index contributed by atoms with van der Waals surface area (Å²) in [5.41, 5.74) is 2.55. The van der Waals surface area contributed by atoms with Gasteiger partial charge in [0.25, 0.3) is 5.91 Å². The molecule has 156 valence electrons. The molecule has 3 rings (SSSR count). The second-order valence-corrected chi connectivity index (χ2v) is 8.23. The Morgan fingerprint density at radius 3 is 2.48 bits per heavy atom. The van der Waals surface area contributed by atoms with Gasteiger partial charge in [0.1, 0.15) is 24.0 Å². The van der Waals surface area contributed by atoms with Crippen LogP contribution >= 0.6 is 39.1 Å². The summed E-state index contributed by atoms with van der Waals surface area (Å²) < 4.78 is 6.52. The summed E-state index contributed by atoms with van der Waals surface area (Å²) in [6.07, 6.45) is 1.54. The molecule has 0 saturated carbocycles. The lowest BCUT2D eigenvalue weighted by Gasteiger charge is -2.10. The van der Waals surface area contributed by atoms with Gasteiger partial charge in [-0.15, -0.1) is 0 Å². The third kappa shape index (κ3) is 6.60. The van der Waals surface area contributed by atoms with Crippen LogP contribution in [0.1, 0.15) is 16.7 Å². The number of amides is 1. The zero-order chi connectivity index (χ0) is 22.2. The highest BCUT2D eigenvalue weighted by molar-refractivity contribution is 9.10. The lowest BCUT2D eigenvalue weighted by molar-refractivity contribution is -0.117. The first-order valence-corrected chi connectivity index (χ1v) is 10.8. The van der Waals surface area contributed by atoms with E-state index >= 15 is 0 Å². The molecule has 31 heavy (non-hydrogen) atoms. The van der Waals surface area contributed by atoms with E-state index in [-0.39, 0.29) is 5.57 Å². The van der Waals surface area contributed by atoms with Crippen molar-refractivity contribution in [2.45, 2.75) is 13.2 Å². The molecule has 0 aliphatic carbocycles. The van der Waals surface area contributed by atoms with Gasteiger partial charge >= 0.3 is 0 Å². The molecule has 0 aromatic heterocycles. The molecule has 3 aromatic carbocycles. The fourth-order valence-electron chi connectivity index (χ4n) is 2.70. The number of halogens is 3. The third-order valence-corrected chi connectivity index (χ3v) is 5.66. The van der Waals surface area contributed by atoms with E-state index in [4.69, 9.17) is 27.9 Å². The molecule has 0 aliphatic rings. The van der Waals surface area contributed by atoms with Crippen LogP contribution in [0.5, 0.6) is 5.75 Å². The zero-order valence-electron chi connectivity index (χ0n) is 16.2. The van der Waals surface area contributed by atoms with Crippen LogP contribution in [0.2, 0.25) is 10.0 Å². The molecule has 0 unspecified atom stereocenters. The molecule has 0 bridgehead atoms. The molecule has 1 N–H and O–H groups in total. The number of nitrogens with zero attached hydrogens (tertiary/aromatic N) is 1. The Balaban J connectivity index is 1.65. The SMILES string of the molecule is N#C/C(=C/c1ccc(OCc2ccc(Cl)c(Cl)c2)c(Br)c1)C(=O)NCc1ccccc1. The van der Waals surface area contributed by atoms with Crippen molar-refractivity contribution in [3.8, 4) is 11.8 Å².